The van der Waals surface area contributed by atoms with Crippen molar-refractivity contribution in [3.05, 3.63) is 68.7 Å². The fourth-order valence-electron chi connectivity index (χ4n) is 4.27. The van der Waals surface area contributed by atoms with Gasteiger partial charge in [0.1, 0.15) is 0 Å². The Bertz CT molecular complexity index is 1430. The van der Waals surface area contributed by atoms with E-state index in [0.29, 0.717) is 27.7 Å². The minimum atomic E-state index is -0.184. The number of carbonyl (C=O) groups excluding carboxylic acids is 1. The van der Waals surface area contributed by atoms with Crippen LogP contribution < -0.4 is 10.9 Å². The highest BCUT2D eigenvalue weighted by Crippen LogP contribution is 2.27. The van der Waals surface area contributed by atoms with E-state index < -0.39 is 0 Å². The van der Waals surface area contributed by atoms with Crippen molar-refractivity contribution in [1.82, 2.24) is 19.4 Å². The van der Waals surface area contributed by atoms with Gasteiger partial charge in [0.15, 0.2) is 10.3 Å². The summed E-state index contributed by atoms with van der Waals surface area (Å²) in [6, 6.07) is 15.3. The molecule has 0 aliphatic rings. The Balaban J connectivity index is 1.45. The topological polar surface area (TPSA) is 80.1 Å². The van der Waals surface area contributed by atoms with E-state index in [4.69, 9.17) is 4.98 Å². The maximum atomic E-state index is 13.4. The van der Waals surface area contributed by atoms with Crippen molar-refractivity contribution >= 4 is 61.0 Å². The minimum Gasteiger partial charge on any atom is -0.303 e. The lowest BCUT2D eigenvalue weighted by Gasteiger charge is -2.21. The molecule has 0 saturated heterocycles. The lowest BCUT2D eigenvalue weighted by Crippen LogP contribution is -2.29. The second kappa shape index (κ2) is 14.0. The van der Waals surface area contributed by atoms with Gasteiger partial charge in [-0.05, 0) is 63.2 Å². The van der Waals surface area contributed by atoms with Gasteiger partial charge in [0.25, 0.3) is 5.56 Å². The van der Waals surface area contributed by atoms with Gasteiger partial charge < -0.3 is 10.2 Å². The molecule has 1 N–H and O–H groups in total. The van der Waals surface area contributed by atoms with Crippen molar-refractivity contribution in [3.63, 3.8) is 0 Å². The number of para-hydroxylation sites is 1. The van der Waals surface area contributed by atoms with Crippen molar-refractivity contribution < 1.29 is 4.79 Å². The molecule has 4 rings (SSSR count). The summed E-state index contributed by atoms with van der Waals surface area (Å²) in [5.74, 6) is -0.0508. The van der Waals surface area contributed by atoms with Gasteiger partial charge in [0.2, 0.25) is 5.91 Å². The number of thiazole rings is 1. The van der Waals surface area contributed by atoms with Crippen LogP contribution in [0.3, 0.4) is 0 Å². The zero-order chi connectivity index (χ0) is 26.9. The number of anilines is 1. The van der Waals surface area contributed by atoms with E-state index in [1.807, 2.05) is 53.9 Å². The van der Waals surface area contributed by atoms with Gasteiger partial charge in [-0.15, -0.1) is 11.3 Å². The fourth-order valence-corrected chi connectivity index (χ4v) is 6.23. The number of hydrogen-bond donors (Lipinski definition) is 1. The van der Waals surface area contributed by atoms with Crippen molar-refractivity contribution in [2.45, 2.75) is 44.8 Å². The molecule has 2 aromatic heterocycles. The molecule has 0 bridgehead atoms. The Hall–Kier alpha value is -2.53. The molecule has 1 amide bonds. The predicted octanol–water partition coefficient (Wildman–Crippen LogP) is 6.53. The lowest BCUT2D eigenvalue weighted by molar-refractivity contribution is -0.113. The van der Waals surface area contributed by atoms with Gasteiger partial charge in [0.05, 0.1) is 22.3 Å². The van der Waals surface area contributed by atoms with E-state index in [2.05, 4.69) is 45.0 Å². The lowest BCUT2D eigenvalue weighted by atomic mass is 10.2. The number of rotatable bonds is 13. The van der Waals surface area contributed by atoms with Crippen molar-refractivity contribution in [2.24, 2.45) is 0 Å². The van der Waals surface area contributed by atoms with Crippen LogP contribution >= 0.6 is 39.0 Å². The molecule has 0 aliphatic heterocycles. The molecule has 38 heavy (non-hydrogen) atoms. The summed E-state index contributed by atoms with van der Waals surface area (Å²) in [6.45, 7) is 7.98. The molecule has 10 heteroatoms. The molecule has 0 atom stereocenters. The van der Waals surface area contributed by atoms with Gasteiger partial charge in [-0.1, -0.05) is 65.8 Å². The highest BCUT2D eigenvalue weighted by atomic mass is 79.9. The molecule has 7 nitrogen and oxygen atoms in total. The second-order valence-electron chi connectivity index (χ2n) is 8.95. The first-order valence-electron chi connectivity index (χ1n) is 12.8. The maximum absolute atomic E-state index is 13.4. The van der Waals surface area contributed by atoms with E-state index in [1.54, 1.807) is 4.57 Å². The third-order valence-corrected chi connectivity index (χ3v) is 8.19. The van der Waals surface area contributed by atoms with Gasteiger partial charge >= 0.3 is 0 Å². The smallest absolute Gasteiger partial charge is 0.262 e. The largest absolute Gasteiger partial charge is 0.303 e. The van der Waals surface area contributed by atoms with E-state index in [-0.39, 0.29) is 17.2 Å². The van der Waals surface area contributed by atoms with Crippen LogP contribution in [-0.4, -0.2) is 50.7 Å². The molecule has 2 heterocycles. The van der Waals surface area contributed by atoms with Gasteiger partial charge in [-0.2, -0.15) is 0 Å². The Morgan fingerprint density at radius 1 is 1.08 bits per heavy atom. The van der Waals surface area contributed by atoms with Crippen LogP contribution in [0, 0.1) is 0 Å². The summed E-state index contributed by atoms with van der Waals surface area (Å²) in [7, 11) is 0. The third kappa shape index (κ3) is 7.53. The van der Waals surface area contributed by atoms with Crippen LogP contribution in [0.4, 0.5) is 5.13 Å². The molecule has 0 radical (unpaired) electrons. The summed E-state index contributed by atoms with van der Waals surface area (Å²) < 4.78 is 2.70. The molecule has 0 spiro atoms. The standard InChI is InChI=1S/C28H32BrN5O2S2/c1-3-13-33(14-4-2)15-8-16-34-26(36)22-11-5-6-12-23(22)31-28(34)38-19-25(35)32-27-30-24(18-37-27)20-9-7-10-21(29)17-20/h5-7,9-12,17-18H,3-4,8,13-16,19H2,1-2H3,(H,30,32,35). The molecule has 0 fully saturated rings. The third-order valence-electron chi connectivity index (χ3n) is 5.97. The van der Waals surface area contributed by atoms with Crippen LogP contribution in [0.25, 0.3) is 22.2 Å². The Kier molecular flexibility index (Phi) is 10.5. The number of hydrogen-bond acceptors (Lipinski definition) is 7. The number of fused-ring (bicyclic) bond motifs is 1. The van der Waals surface area contributed by atoms with Gasteiger partial charge in [-0.25, -0.2) is 9.97 Å². The molecule has 0 aliphatic carbocycles. The molecule has 200 valence electrons. The van der Waals surface area contributed by atoms with Crippen LogP contribution in [0.2, 0.25) is 0 Å². The first-order valence-corrected chi connectivity index (χ1v) is 15.5. The highest BCUT2D eigenvalue weighted by Gasteiger charge is 2.15. The molecule has 2 aromatic carbocycles. The SMILES string of the molecule is CCCN(CCC)CCCn1c(SCC(=O)Nc2nc(-c3cccc(Br)c3)cs2)nc2ccccc2c1=O. The Morgan fingerprint density at radius 3 is 2.63 bits per heavy atom. The Morgan fingerprint density at radius 2 is 1.87 bits per heavy atom. The summed E-state index contributed by atoms with van der Waals surface area (Å²) in [5, 5.41) is 6.52. The quantitative estimate of drug-likeness (QED) is 0.136. The van der Waals surface area contributed by atoms with Crippen molar-refractivity contribution in [1.29, 1.82) is 0 Å². The number of benzene rings is 2. The normalized spacial score (nSPS) is 11.4. The first kappa shape index (κ1) is 28.5. The first-order chi connectivity index (χ1) is 18.5. The molecule has 4 aromatic rings. The number of aromatic nitrogens is 3. The fraction of sp³-hybridized carbons (Fsp3) is 0.357. The molecular weight excluding hydrogens is 582 g/mol. The minimum absolute atomic E-state index is 0.0605. The average molecular weight is 615 g/mol. The highest BCUT2D eigenvalue weighted by molar-refractivity contribution is 9.10. The zero-order valence-corrected chi connectivity index (χ0v) is 24.9. The second-order valence-corrected chi connectivity index (χ2v) is 11.7. The van der Waals surface area contributed by atoms with Crippen LogP contribution in [0.1, 0.15) is 33.1 Å². The monoisotopic (exact) mass is 613 g/mol. The number of carbonyl (C=O) groups is 1. The number of halogens is 1. The van der Waals surface area contributed by atoms with E-state index in [0.717, 1.165) is 54.6 Å². The summed E-state index contributed by atoms with van der Waals surface area (Å²) in [6.07, 6.45) is 3.06. The number of nitrogens with zero attached hydrogens (tertiary/aromatic N) is 4. The summed E-state index contributed by atoms with van der Waals surface area (Å²) in [5.41, 5.74) is 2.37. The van der Waals surface area contributed by atoms with Crippen LogP contribution in [0.15, 0.2) is 68.3 Å². The van der Waals surface area contributed by atoms with Crippen molar-refractivity contribution in [2.75, 3.05) is 30.7 Å². The van der Waals surface area contributed by atoms with E-state index in [9.17, 15) is 9.59 Å². The number of nitrogens with one attached hydrogen (secondary N) is 1. The molecule has 0 saturated carbocycles. The van der Waals surface area contributed by atoms with Crippen LogP contribution in [-0.2, 0) is 11.3 Å². The Labute approximate surface area is 239 Å². The zero-order valence-electron chi connectivity index (χ0n) is 21.7. The van der Waals surface area contributed by atoms with Crippen molar-refractivity contribution in [3.8, 4) is 11.3 Å². The van der Waals surface area contributed by atoms with Gasteiger partial charge in [-0.3, -0.25) is 14.2 Å². The maximum Gasteiger partial charge on any atom is 0.262 e. The predicted molar refractivity (Wildman–Crippen MR) is 162 cm³/mol. The van der Waals surface area contributed by atoms with E-state index >= 15 is 0 Å². The molecule has 0 unspecified atom stereocenters. The van der Waals surface area contributed by atoms with Gasteiger partial charge in [0, 0.05) is 22.0 Å². The summed E-state index contributed by atoms with van der Waals surface area (Å²) in [4.78, 5) is 37.9. The average Bonchev–Trinajstić information content (AvgIpc) is 3.37. The number of amides is 1. The van der Waals surface area contributed by atoms with E-state index in [1.165, 1.54) is 23.1 Å². The van der Waals surface area contributed by atoms with Crippen LogP contribution in [0.5, 0.6) is 0 Å². The summed E-state index contributed by atoms with van der Waals surface area (Å²) >= 11 is 6.15. The molecular formula is C28H32BrN5O2S2. The number of thioether (sulfide) groups is 1.